The highest BCUT2D eigenvalue weighted by Crippen LogP contribution is 2.15. The summed E-state index contributed by atoms with van der Waals surface area (Å²) in [7, 11) is 0. The SMILES string of the molecule is CC(Nc1cc(=O)n(-c2ccno2)c(=O)[nH]1)c1ccccc1. The molecule has 0 radical (unpaired) electrons. The molecule has 0 saturated heterocycles. The van der Waals surface area contributed by atoms with Crippen LogP contribution in [0.1, 0.15) is 18.5 Å². The molecule has 7 nitrogen and oxygen atoms in total. The molecule has 0 saturated carbocycles. The van der Waals surface area contributed by atoms with Crippen molar-refractivity contribution in [2.24, 2.45) is 0 Å². The first kappa shape index (κ1) is 13.9. The Balaban J connectivity index is 1.91. The highest BCUT2D eigenvalue weighted by Gasteiger charge is 2.11. The number of anilines is 1. The van der Waals surface area contributed by atoms with Gasteiger partial charge < -0.3 is 9.84 Å². The van der Waals surface area contributed by atoms with Crippen LogP contribution in [0.2, 0.25) is 0 Å². The van der Waals surface area contributed by atoms with Gasteiger partial charge in [0.05, 0.1) is 6.20 Å². The zero-order valence-electron chi connectivity index (χ0n) is 11.8. The molecule has 0 spiro atoms. The second kappa shape index (κ2) is 5.72. The maximum Gasteiger partial charge on any atom is 0.337 e. The van der Waals surface area contributed by atoms with Gasteiger partial charge in [-0.2, -0.15) is 4.57 Å². The molecule has 0 amide bonds. The maximum atomic E-state index is 12.1. The van der Waals surface area contributed by atoms with Gasteiger partial charge in [-0.05, 0) is 12.5 Å². The van der Waals surface area contributed by atoms with Gasteiger partial charge in [0.25, 0.3) is 5.56 Å². The van der Waals surface area contributed by atoms with E-state index < -0.39 is 11.2 Å². The number of aromatic nitrogens is 3. The van der Waals surface area contributed by atoms with Crippen LogP contribution in [0, 0.1) is 0 Å². The number of benzene rings is 1. The largest absolute Gasteiger partial charge is 0.365 e. The lowest BCUT2D eigenvalue weighted by Gasteiger charge is -2.15. The van der Waals surface area contributed by atoms with Crippen molar-refractivity contribution in [3.63, 3.8) is 0 Å². The molecule has 2 heterocycles. The van der Waals surface area contributed by atoms with Crippen molar-refractivity contribution in [2.45, 2.75) is 13.0 Å². The van der Waals surface area contributed by atoms with Crippen LogP contribution in [-0.4, -0.2) is 14.7 Å². The molecule has 3 aromatic rings. The number of hydrogen-bond acceptors (Lipinski definition) is 5. The topological polar surface area (TPSA) is 92.9 Å². The van der Waals surface area contributed by atoms with Crippen LogP contribution in [0.5, 0.6) is 0 Å². The molecule has 22 heavy (non-hydrogen) atoms. The van der Waals surface area contributed by atoms with Crippen LogP contribution >= 0.6 is 0 Å². The molecular weight excluding hydrogens is 284 g/mol. The van der Waals surface area contributed by atoms with Crippen molar-refractivity contribution in [1.82, 2.24) is 14.7 Å². The Kier molecular flexibility index (Phi) is 3.61. The minimum atomic E-state index is -0.591. The van der Waals surface area contributed by atoms with E-state index in [9.17, 15) is 9.59 Å². The number of aromatic amines is 1. The zero-order chi connectivity index (χ0) is 15.5. The van der Waals surface area contributed by atoms with Crippen molar-refractivity contribution in [3.05, 3.63) is 75.1 Å². The monoisotopic (exact) mass is 298 g/mol. The summed E-state index contributed by atoms with van der Waals surface area (Å²) < 4.78 is 5.72. The minimum absolute atomic E-state index is 0.0580. The fraction of sp³-hybridized carbons (Fsp3) is 0.133. The standard InChI is InChI=1S/C15H14N4O3/c1-10(11-5-3-2-4-6-11)17-12-9-13(20)19(15(21)18-12)14-7-8-16-22-14/h2-10,17H,1H3,(H,18,21). The summed E-state index contributed by atoms with van der Waals surface area (Å²) in [6.07, 6.45) is 1.37. The van der Waals surface area contributed by atoms with E-state index in [2.05, 4.69) is 15.5 Å². The van der Waals surface area contributed by atoms with Gasteiger partial charge in [0.2, 0.25) is 5.88 Å². The van der Waals surface area contributed by atoms with Gasteiger partial charge in [-0.1, -0.05) is 35.5 Å². The van der Waals surface area contributed by atoms with E-state index in [0.717, 1.165) is 10.1 Å². The number of rotatable bonds is 4. The summed E-state index contributed by atoms with van der Waals surface area (Å²) in [6, 6.07) is 12.4. The van der Waals surface area contributed by atoms with E-state index in [1.165, 1.54) is 18.3 Å². The third-order valence-corrected chi connectivity index (χ3v) is 3.25. The summed E-state index contributed by atoms with van der Waals surface area (Å²) in [5.74, 6) is 0.427. The van der Waals surface area contributed by atoms with E-state index >= 15 is 0 Å². The van der Waals surface area contributed by atoms with Gasteiger partial charge in [0.15, 0.2) is 0 Å². The number of hydrogen-bond donors (Lipinski definition) is 2. The summed E-state index contributed by atoms with van der Waals surface area (Å²) in [4.78, 5) is 26.8. The van der Waals surface area contributed by atoms with Crippen LogP contribution < -0.4 is 16.6 Å². The number of H-pyrrole nitrogens is 1. The fourth-order valence-electron chi connectivity index (χ4n) is 2.16. The molecule has 2 N–H and O–H groups in total. The van der Waals surface area contributed by atoms with Gasteiger partial charge >= 0.3 is 5.69 Å². The molecule has 2 aromatic heterocycles. The second-order valence-corrected chi connectivity index (χ2v) is 4.79. The molecule has 1 aromatic carbocycles. The predicted molar refractivity (Wildman–Crippen MR) is 81.2 cm³/mol. The third kappa shape index (κ3) is 2.69. The molecular formula is C15H14N4O3. The fourth-order valence-corrected chi connectivity index (χ4v) is 2.16. The van der Waals surface area contributed by atoms with E-state index in [4.69, 9.17) is 4.52 Å². The second-order valence-electron chi connectivity index (χ2n) is 4.79. The number of nitrogens with zero attached hydrogens (tertiary/aromatic N) is 2. The van der Waals surface area contributed by atoms with Crippen LogP contribution in [0.3, 0.4) is 0 Å². The van der Waals surface area contributed by atoms with E-state index in [1.54, 1.807) is 0 Å². The van der Waals surface area contributed by atoms with Crippen molar-refractivity contribution in [3.8, 4) is 5.88 Å². The van der Waals surface area contributed by atoms with Gasteiger partial charge in [0, 0.05) is 18.2 Å². The lowest BCUT2D eigenvalue weighted by molar-refractivity contribution is 0.400. The van der Waals surface area contributed by atoms with Crippen molar-refractivity contribution in [2.75, 3.05) is 5.32 Å². The normalized spacial score (nSPS) is 12.0. The van der Waals surface area contributed by atoms with Crippen LogP contribution in [0.4, 0.5) is 5.82 Å². The van der Waals surface area contributed by atoms with Gasteiger partial charge in [-0.3, -0.25) is 9.78 Å². The summed E-state index contributed by atoms with van der Waals surface area (Å²) in [5.41, 5.74) is -0.0435. The van der Waals surface area contributed by atoms with Gasteiger partial charge in [0.1, 0.15) is 5.82 Å². The van der Waals surface area contributed by atoms with Crippen LogP contribution in [0.15, 0.2) is 62.8 Å². The first-order chi connectivity index (χ1) is 10.6. The smallest absolute Gasteiger partial charge is 0.337 e. The Hall–Kier alpha value is -3.09. The molecule has 1 unspecified atom stereocenters. The average molecular weight is 298 g/mol. The summed E-state index contributed by atoms with van der Waals surface area (Å²) in [5, 5.41) is 6.59. The molecule has 0 aliphatic heterocycles. The quantitative estimate of drug-likeness (QED) is 0.764. The molecule has 0 bridgehead atoms. The molecule has 112 valence electrons. The van der Waals surface area contributed by atoms with Crippen molar-refractivity contribution < 1.29 is 4.52 Å². The Bertz CT molecular complexity index is 835. The van der Waals surface area contributed by atoms with Crippen LogP contribution in [-0.2, 0) is 0 Å². The molecule has 1 atom stereocenters. The Morgan fingerprint density at radius 3 is 2.64 bits per heavy atom. The predicted octanol–water partition coefficient (Wildman–Crippen LogP) is 1.69. The zero-order valence-corrected chi connectivity index (χ0v) is 11.8. The molecule has 3 rings (SSSR count). The Labute approximate surface area is 125 Å². The van der Waals surface area contributed by atoms with E-state index in [0.29, 0.717) is 5.82 Å². The highest BCUT2D eigenvalue weighted by molar-refractivity contribution is 5.37. The summed E-state index contributed by atoms with van der Waals surface area (Å²) >= 11 is 0. The first-order valence-electron chi connectivity index (χ1n) is 6.74. The highest BCUT2D eigenvalue weighted by atomic mass is 16.5. The van der Waals surface area contributed by atoms with Gasteiger partial charge in [-0.25, -0.2) is 4.79 Å². The summed E-state index contributed by atoms with van der Waals surface area (Å²) in [6.45, 7) is 1.94. The number of nitrogens with one attached hydrogen (secondary N) is 2. The lowest BCUT2D eigenvalue weighted by Crippen LogP contribution is -2.33. The van der Waals surface area contributed by atoms with Crippen molar-refractivity contribution >= 4 is 5.82 Å². The molecule has 0 fully saturated rings. The lowest BCUT2D eigenvalue weighted by atomic mass is 10.1. The van der Waals surface area contributed by atoms with Crippen LogP contribution in [0.25, 0.3) is 5.88 Å². The minimum Gasteiger partial charge on any atom is -0.365 e. The maximum absolute atomic E-state index is 12.1. The van der Waals surface area contributed by atoms with E-state index in [-0.39, 0.29) is 11.9 Å². The molecule has 7 heteroatoms. The average Bonchev–Trinajstić information content (AvgIpc) is 3.01. The molecule has 0 aliphatic carbocycles. The third-order valence-electron chi connectivity index (χ3n) is 3.25. The van der Waals surface area contributed by atoms with E-state index in [1.807, 2.05) is 37.3 Å². The van der Waals surface area contributed by atoms with Crippen molar-refractivity contribution in [1.29, 1.82) is 0 Å². The van der Waals surface area contributed by atoms with Gasteiger partial charge in [-0.15, -0.1) is 0 Å². The Morgan fingerprint density at radius 1 is 1.23 bits per heavy atom. The molecule has 0 aliphatic rings. The Morgan fingerprint density at radius 2 is 2.00 bits per heavy atom. The first-order valence-corrected chi connectivity index (χ1v) is 6.74.